The molecule has 1 atom stereocenters. The number of nitrogens with one attached hydrogen (secondary N) is 3. The first-order chi connectivity index (χ1) is 15.3. The van der Waals surface area contributed by atoms with Crippen molar-refractivity contribution in [3.8, 4) is 11.5 Å². The fourth-order valence-corrected chi connectivity index (χ4v) is 5.61. The Morgan fingerprint density at radius 1 is 1.03 bits per heavy atom. The van der Waals surface area contributed by atoms with E-state index >= 15 is 0 Å². The number of hydrogen-bond acceptors (Lipinski definition) is 5. The van der Waals surface area contributed by atoms with Crippen molar-refractivity contribution in [2.24, 2.45) is 5.92 Å². The quantitative estimate of drug-likeness (QED) is 0.587. The molecule has 31 heavy (non-hydrogen) atoms. The van der Waals surface area contributed by atoms with Crippen LogP contribution in [0.1, 0.15) is 42.0 Å². The average molecular weight is 419 g/mol. The van der Waals surface area contributed by atoms with E-state index in [1.54, 1.807) is 0 Å². The molecule has 3 N–H and O–H groups in total. The summed E-state index contributed by atoms with van der Waals surface area (Å²) >= 11 is 0. The van der Waals surface area contributed by atoms with Crippen LogP contribution in [0.3, 0.4) is 0 Å². The van der Waals surface area contributed by atoms with Gasteiger partial charge in [-0.3, -0.25) is 4.90 Å². The molecule has 3 aromatic rings. The third-order valence-electron chi connectivity index (χ3n) is 7.29. The van der Waals surface area contributed by atoms with Gasteiger partial charge in [0.25, 0.3) is 0 Å². The van der Waals surface area contributed by atoms with Crippen molar-refractivity contribution in [3.05, 3.63) is 59.3 Å². The van der Waals surface area contributed by atoms with Crippen LogP contribution in [0.4, 0.5) is 0 Å². The predicted octanol–water partition coefficient (Wildman–Crippen LogP) is 3.89. The van der Waals surface area contributed by atoms with Crippen molar-refractivity contribution >= 4 is 10.9 Å². The highest BCUT2D eigenvalue weighted by Gasteiger charge is 2.32. The summed E-state index contributed by atoms with van der Waals surface area (Å²) in [5.41, 5.74) is 7.99. The highest BCUT2D eigenvalue weighted by molar-refractivity contribution is 5.83. The Hall–Kier alpha value is -2.54. The van der Waals surface area contributed by atoms with Crippen molar-refractivity contribution in [2.45, 2.75) is 38.1 Å². The molecule has 1 fully saturated rings. The summed E-state index contributed by atoms with van der Waals surface area (Å²) < 4.78 is 0. The molecular weight excluding hydrogens is 388 g/mol. The molecule has 4 heterocycles. The number of aromatic nitrogens is 1. The van der Waals surface area contributed by atoms with E-state index in [1.807, 2.05) is 0 Å². The van der Waals surface area contributed by atoms with E-state index in [0.29, 0.717) is 6.04 Å². The van der Waals surface area contributed by atoms with E-state index in [4.69, 9.17) is 9.68 Å². The lowest BCUT2D eigenvalue weighted by Crippen LogP contribution is -2.41. The smallest absolute Gasteiger partial charge is 0.196 e. The molecule has 0 aliphatic carbocycles. The predicted molar refractivity (Wildman–Crippen MR) is 121 cm³/mol. The molecule has 0 saturated carbocycles. The first kappa shape index (κ1) is 19.2. The van der Waals surface area contributed by atoms with Crippen molar-refractivity contribution in [3.63, 3.8) is 0 Å². The normalized spacial score (nSPS) is 21.5. The third-order valence-corrected chi connectivity index (χ3v) is 7.29. The van der Waals surface area contributed by atoms with Crippen LogP contribution in [0.5, 0.6) is 11.5 Å². The molecule has 2 aromatic carbocycles. The Labute approximate surface area is 182 Å². The standard InChI is InChI=1S/C25H30N4O2/c1-2-4-22-20(3-1)19(15-27-22)5-6-23-21-14-25-24(30-28-31-25)13-18(21)9-12-29(23)16-17-7-10-26-11-8-17/h1-4,13-15,17,23,26-28H,5-12,16H2/t23-/m1/s1. The average Bonchev–Trinajstić information content (AvgIpc) is 3.44. The van der Waals surface area contributed by atoms with Gasteiger partial charge < -0.3 is 20.0 Å². The number of hydrogen-bond donors (Lipinski definition) is 3. The van der Waals surface area contributed by atoms with Gasteiger partial charge >= 0.3 is 0 Å². The van der Waals surface area contributed by atoms with Gasteiger partial charge in [0.15, 0.2) is 11.5 Å². The fourth-order valence-electron chi connectivity index (χ4n) is 5.61. The fraction of sp³-hybridized carbons (Fsp3) is 0.440. The van der Waals surface area contributed by atoms with Crippen LogP contribution >= 0.6 is 0 Å². The zero-order chi connectivity index (χ0) is 20.6. The van der Waals surface area contributed by atoms with E-state index in [-0.39, 0.29) is 0 Å². The van der Waals surface area contributed by atoms with Crippen LogP contribution in [0.2, 0.25) is 0 Å². The summed E-state index contributed by atoms with van der Waals surface area (Å²) in [7, 11) is 0. The van der Waals surface area contributed by atoms with Gasteiger partial charge in [0.2, 0.25) is 0 Å². The van der Waals surface area contributed by atoms with E-state index in [0.717, 1.165) is 56.3 Å². The zero-order valence-corrected chi connectivity index (χ0v) is 17.8. The number of benzene rings is 2. The van der Waals surface area contributed by atoms with Gasteiger partial charge in [-0.15, -0.1) is 0 Å². The van der Waals surface area contributed by atoms with Crippen LogP contribution in [0.25, 0.3) is 10.9 Å². The molecule has 0 bridgehead atoms. The number of para-hydroxylation sites is 1. The molecule has 6 rings (SSSR count). The number of aryl methyl sites for hydroxylation is 1. The second kappa shape index (κ2) is 8.19. The van der Waals surface area contributed by atoms with Crippen molar-refractivity contribution in [2.75, 3.05) is 26.2 Å². The lowest BCUT2D eigenvalue weighted by atomic mass is 9.86. The van der Waals surface area contributed by atoms with Crippen molar-refractivity contribution in [1.82, 2.24) is 20.8 Å². The minimum atomic E-state index is 0.404. The van der Waals surface area contributed by atoms with Gasteiger partial charge in [-0.25, -0.2) is 0 Å². The maximum atomic E-state index is 5.50. The minimum Gasteiger partial charge on any atom is -0.370 e. The second-order valence-electron chi connectivity index (χ2n) is 9.14. The second-order valence-corrected chi connectivity index (χ2v) is 9.14. The third kappa shape index (κ3) is 3.69. The van der Waals surface area contributed by atoms with Crippen LogP contribution in [-0.2, 0) is 12.8 Å². The maximum absolute atomic E-state index is 5.50. The van der Waals surface area contributed by atoms with E-state index in [2.05, 4.69) is 63.4 Å². The Bertz CT molecular complexity index is 1070. The summed E-state index contributed by atoms with van der Waals surface area (Å²) in [6.07, 6.45) is 7.99. The summed E-state index contributed by atoms with van der Waals surface area (Å²) in [5.74, 6) is 2.40. The van der Waals surface area contributed by atoms with Gasteiger partial charge in [-0.1, -0.05) is 18.2 Å². The molecule has 6 heteroatoms. The molecule has 0 amide bonds. The van der Waals surface area contributed by atoms with Gasteiger partial charge in [0.05, 0.1) is 0 Å². The van der Waals surface area contributed by atoms with Gasteiger partial charge in [0, 0.05) is 41.9 Å². The lowest BCUT2D eigenvalue weighted by Gasteiger charge is -2.40. The molecule has 0 radical (unpaired) electrons. The molecule has 1 saturated heterocycles. The van der Waals surface area contributed by atoms with Gasteiger partial charge in [-0.2, -0.15) is 0 Å². The highest BCUT2D eigenvalue weighted by Crippen LogP contribution is 2.41. The summed E-state index contributed by atoms with van der Waals surface area (Å²) in [5, 5.41) is 4.85. The summed E-state index contributed by atoms with van der Waals surface area (Å²) in [6, 6.07) is 13.4. The van der Waals surface area contributed by atoms with Crippen LogP contribution in [0.15, 0.2) is 42.6 Å². The van der Waals surface area contributed by atoms with Crippen LogP contribution < -0.4 is 20.6 Å². The van der Waals surface area contributed by atoms with E-state index in [9.17, 15) is 0 Å². The highest BCUT2D eigenvalue weighted by atomic mass is 16.9. The first-order valence-electron chi connectivity index (χ1n) is 11.6. The maximum Gasteiger partial charge on any atom is 0.196 e. The molecule has 162 valence electrons. The number of piperidine rings is 1. The molecule has 1 aromatic heterocycles. The molecule has 0 spiro atoms. The van der Waals surface area contributed by atoms with Crippen molar-refractivity contribution < 1.29 is 9.68 Å². The van der Waals surface area contributed by atoms with Gasteiger partial charge in [0.1, 0.15) is 0 Å². The molecular formula is C25H30N4O2. The molecule has 6 nitrogen and oxygen atoms in total. The first-order valence-corrected chi connectivity index (χ1v) is 11.6. The Morgan fingerprint density at radius 2 is 1.87 bits per heavy atom. The lowest BCUT2D eigenvalue weighted by molar-refractivity contribution is 0.0259. The zero-order valence-electron chi connectivity index (χ0n) is 17.8. The molecule has 3 aliphatic heterocycles. The molecule has 0 unspecified atom stereocenters. The summed E-state index contributed by atoms with van der Waals surface area (Å²) in [4.78, 5) is 17.1. The number of aromatic amines is 1. The number of fused-ring (bicyclic) bond motifs is 3. The SMILES string of the molecule is c1ccc2c(CC[C@@H]3c4cc5c(cc4CCN3CC3CCNCC3)ONO5)c[nH]c2c1. The van der Waals surface area contributed by atoms with E-state index in [1.165, 1.54) is 47.0 Å². The largest absolute Gasteiger partial charge is 0.370 e. The summed E-state index contributed by atoms with van der Waals surface area (Å²) in [6.45, 7) is 4.60. The molecule has 3 aliphatic rings. The van der Waals surface area contributed by atoms with Crippen molar-refractivity contribution in [1.29, 1.82) is 0 Å². The van der Waals surface area contributed by atoms with E-state index < -0.39 is 0 Å². The van der Waals surface area contributed by atoms with Crippen LogP contribution in [0, 0.1) is 5.92 Å². The topological polar surface area (TPSA) is 61.6 Å². The van der Waals surface area contributed by atoms with Crippen LogP contribution in [-0.4, -0.2) is 36.1 Å². The Kier molecular flexibility index (Phi) is 5.06. The minimum absolute atomic E-state index is 0.404. The Morgan fingerprint density at radius 3 is 2.77 bits per heavy atom. The number of H-pyrrole nitrogens is 1. The number of nitrogens with zero attached hydrogens (tertiary/aromatic N) is 1. The van der Waals surface area contributed by atoms with Gasteiger partial charge in [-0.05, 0) is 86.0 Å². The Balaban J connectivity index is 1.29. The monoisotopic (exact) mass is 418 g/mol. The number of rotatable bonds is 5.